The van der Waals surface area contributed by atoms with Gasteiger partial charge in [-0.25, -0.2) is 0 Å². The van der Waals surface area contributed by atoms with E-state index in [1.807, 2.05) is 0 Å². The number of nitrogens with one attached hydrogen (secondary N) is 1. The van der Waals surface area contributed by atoms with E-state index in [0.717, 1.165) is 5.25 Å². The highest BCUT2D eigenvalue weighted by atomic mass is 32.2. The third-order valence-electron chi connectivity index (χ3n) is 3.11. The van der Waals surface area contributed by atoms with Crippen LogP contribution in [-0.4, -0.2) is 23.6 Å². The lowest BCUT2D eigenvalue weighted by Crippen LogP contribution is -2.27. The molecule has 1 saturated carbocycles. The molecule has 0 saturated heterocycles. The Bertz CT molecular complexity index is 132. The Labute approximate surface area is 93.4 Å². The first-order valence-electron chi connectivity index (χ1n) is 6.18. The van der Waals surface area contributed by atoms with Crippen LogP contribution in [0.4, 0.5) is 0 Å². The lowest BCUT2D eigenvalue weighted by Gasteiger charge is -2.21. The maximum absolute atomic E-state index is 3.55. The monoisotopic (exact) mass is 215 g/mol. The van der Waals surface area contributed by atoms with Crippen LogP contribution in [0.25, 0.3) is 0 Å². The summed E-state index contributed by atoms with van der Waals surface area (Å²) in [5.41, 5.74) is 0. The Morgan fingerprint density at radius 3 is 2.64 bits per heavy atom. The molecule has 1 aliphatic carbocycles. The maximum Gasteiger partial charge on any atom is 0.00609 e. The fourth-order valence-corrected chi connectivity index (χ4v) is 3.14. The van der Waals surface area contributed by atoms with E-state index in [0.29, 0.717) is 6.04 Å². The van der Waals surface area contributed by atoms with Crippen molar-refractivity contribution in [2.24, 2.45) is 0 Å². The Morgan fingerprint density at radius 2 is 2.00 bits per heavy atom. The van der Waals surface area contributed by atoms with E-state index < -0.39 is 0 Å². The molecule has 0 aliphatic heterocycles. The van der Waals surface area contributed by atoms with Crippen LogP contribution in [0.15, 0.2) is 0 Å². The molecule has 0 aromatic heterocycles. The predicted molar refractivity (Wildman–Crippen MR) is 67.1 cm³/mol. The summed E-state index contributed by atoms with van der Waals surface area (Å²) in [4.78, 5) is 0. The van der Waals surface area contributed by atoms with Gasteiger partial charge in [-0.1, -0.05) is 26.2 Å². The van der Waals surface area contributed by atoms with E-state index in [1.54, 1.807) is 0 Å². The highest BCUT2D eigenvalue weighted by Gasteiger charge is 2.12. The Hall–Kier alpha value is 0.310. The molecule has 1 unspecified atom stereocenters. The average molecular weight is 215 g/mol. The third-order valence-corrected chi connectivity index (χ3v) is 4.50. The topological polar surface area (TPSA) is 12.0 Å². The molecule has 84 valence electrons. The number of hydrogen-bond donors (Lipinski definition) is 1. The molecular weight excluding hydrogens is 190 g/mol. The number of thioether (sulfide) groups is 1. The van der Waals surface area contributed by atoms with Gasteiger partial charge in [0, 0.05) is 23.6 Å². The standard InChI is InChI=1S/C12H25NS/c1-3-11(2)13-9-10-14-12-7-5-4-6-8-12/h11-13H,3-10H2,1-2H3. The van der Waals surface area contributed by atoms with E-state index in [-0.39, 0.29) is 0 Å². The molecule has 2 heteroatoms. The van der Waals surface area contributed by atoms with E-state index in [2.05, 4.69) is 30.9 Å². The van der Waals surface area contributed by atoms with E-state index in [1.165, 1.54) is 50.8 Å². The predicted octanol–water partition coefficient (Wildman–Crippen LogP) is 3.44. The minimum Gasteiger partial charge on any atom is -0.313 e. The summed E-state index contributed by atoms with van der Waals surface area (Å²) in [5, 5.41) is 4.53. The second-order valence-electron chi connectivity index (χ2n) is 4.39. The summed E-state index contributed by atoms with van der Waals surface area (Å²) in [6.07, 6.45) is 8.59. The molecule has 1 aliphatic rings. The average Bonchev–Trinajstić information content (AvgIpc) is 2.25. The molecule has 1 rings (SSSR count). The molecule has 0 aromatic rings. The van der Waals surface area contributed by atoms with Crippen molar-refractivity contribution in [2.75, 3.05) is 12.3 Å². The summed E-state index contributed by atoms with van der Waals surface area (Å²) in [5.74, 6) is 1.30. The summed E-state index contributed by atoms with van der Waals surface area (Å²) >= 11 is 2.19. The van der Waals surface area contributed by atoms with Crippen molar-refractivity contribution < 1.29 is 0 Å². The first kappa shape index (κ1) is 12.4. The highest BCUT2D eigenvalue weighted by molar-refractivity contribution is 7.99. The molecule has 14 heavy (non-hydrogen) atoms. The molecule has 0 aromatic carbocycles. The van der Waals surface area contributed by atoms with Crippen LogP contribution in [0.2, 0.25) is 0 Å². The molecule has 0 radical (unpaired) electrons. The first-order valence-corrected chi connectivity index (χ1v) is 7.22. The van der Waals surface area contributed by atoms with Crippen molar-refractivity contribution in [3.05, 3.63) is 0 Å². The van der Waals surface area contributed by atoms with Gasteiger partial charge in [0.2, 0.25) is 0 Å². The van der Waals surface area contributed by atoms with Crippen LogP contribution < -0.4 is 5.32 Å². The summed E-state index contributed by atoms with van der Waals surface area (Å²) < 4.78 is 0. The van der Waals surface area contributed by atoms with Crippen LogP contribution in [0.1, 0.15) is 52.4 Å². The van der Waals surface area contributed by atoms with Gasteiger partial charge in [-0.2, -0.15) is 11.8 Å². The second kappa shape index (κ2) is 7.58. The van der Waals surface area contributed by atoms with Crippen LogP contribution in [0, 0.1) is 0 Å². The maximum atomic E-state index is 3.55. The van der Waals surface area contributed by atoms with Crippen molar-refractivity contribution in [3.63, 3.8) is 0 Å². The highest BCUT2D eigenvalue weighted by Crippen LogP contribution is 2.27. The second-order valence-corrected chi connectivity index (χ2v) is 5.80. The van der Waals surface area contributed by atoms with Gasteiger partial charge >= 0.3 is 0 Å². The normalized spacial score (nSPS) is 21.0. The SMILES string of the molecule is CCC(C)NCCSC1CCCCC1. The van der Waals surface area contributed by atoms with E-state index in [9.17, 15) is 0 Å². The Balaban J connectivity index is 1.92. The van der Waals surface area contributed by atoms with Gasteiger partial charge in [0.1, 0.15) is 0 Å². The first-order chi connectivity index (χ1) is 6.83. The smallest absolute Gasteiger partial charge is 0.00609 e. The zero-order chi connectivity index (χ0) is 10.2. The van der Waals surface area contributed by atoms with Gasteiger partial charge in [0.25, 0.3) is 0 Å². The van der Waals surface area contributed by atoms with E-state index in [4.69, 9.17) is 0 Å². The van der Waals surface area contributed by atoms with Crippen molar-refractivity contribution >= 4 is 11.8 Å². The largest absolute Gasteiger partial charge is 0.313 e. The fraction of sp³-hybridized carbons (Fsp3) is 1.00. The van der Waals surface area contributed by atoms with E-state index >= 15 is 0 Å². The molecule has 0 amide bonds. The quantitative estimate of drug-likeness (QED) is 0.681. The van der Waals surface area contributed by atoms with Gasteiger partial charge in [-0.05, 0) is 26.2 Å². The lowest BCUT2D eigenvalue weighted by molar-refractivity contribution is 0.514. The zero-order valence-corrected chi connectivity index (χ0v) is 10.5. The molecule has 0 spiro atoms. The number of rotatable bonds is 6. The fourth-order valence-electron chi connectivity index (χ4n) is 1.91. The molecule has 1 nitrogen and oxygen atoms in total. The summed E-state index contributed by atoms with van der Waals surface area (Å²) in [6, 6.07) is 0.696. The van der Waals surface area contributed by atoms with Crippen LogP contribution in [-0.2, 0) is 0 Å². The van der Waals surface area contributed by atoms with Crippen molar-refractivity contribution in [1.82, 2.24) is 5.32 Å². The summed E-state index contributed by atoms with van der Waals surface area (Å²) in [7, 11) is 0. The molecule has 0 bridgehead atoms. The Kier molecular flexibility index (Phi) is 6.70. The van der Waals surface area contributed by atoms with Crippen molar-refractivity contribution in [3.8, 4) is 0 Å². The van der Waals surface area contributed by atoms with Gasteiger partial charge in [-0.15, -0.1) is 0 Å². The lowest BCUT2D eigenvalue weighted by atomic mass is 10.0. The number of hydrogen-bond acceptors (Lipinski definition) is 2. The molecule has 1 fully saturated rings. The van der Waals surface area contributed by atoms with Gasteiger partial charge in [-0.3, -0.25) is 0 Å². The Morgan fingerprint density at radius 1 is 1.29 bits per heavy atom. The minimum atomic E-state index is 0.696. The molecular formula is C12H25NS. The molecule has 0 heterocycles. The van der Waals surface area contributed by atoms with Gasteiger partial charge < -0.3 is 5.32 Å². The van der Waals surface area contributed by atoms with Crippen LogP contribution >= 0.6 is 11.8 Å². The zero-order valence-electron chi connectivity index (χ0n) is 9.72. The van der Waals surface area contributed by atoms with Crippen molar-refractivity contribution in [2.45, 2.75) is 63.7 Å². The van der Waals surface area contributed by atoms with Crippen molar-refractivity contribution in [1.29, 1.82) is 0 Å². The minimum absolute atomic E-state index is 0.696. The summed E-state index contributed by atoms with van der Waals surface area (Å²) in [6.45, 7) is 5.70. The van der Waals surface area contributed by atoms with Crippen LogP contribution in [0.3, 0.4) is 0 Å². The molecule has 1 N–H and O–H groups in total. The van der Waals surface area contributed by atoms with Gasteiger partial charge in [0.05, 0.1) is 0 Å². The molecule has 1 atom stereocenters. The third kappa shape index (κ3) is 5.26. The van der Waals surface area contributed by atoms with Crippen LogP contribution in [0.5, 0.6) is 0 Å². The van der Waals surface area contributed by atoms with Gasteiger partial charge in [0.15, 0.2) is 0 Å².